The summed E-state index contributed by atoms with van der Waals surface area (Å²) >= 11 is 0. The highest BCUT2D eigenvalue weighted by Gasteiger charge is 2.37. The fourth-order valence-corrected chi connectivity index (χ4v) is 4.90. The number of nitrogens with zero attached hydrogens (tertiary/aromatic N) is 2. The summed E-state index contributed by atoms with van der Waals surface area (Å²) in [6.07, 6.45) is 6.96. The Hall–Kier alpha value is -2.08. The number of primary amides is 1. The molecule has 27 heavy (non-hydrogen) atoms. The van der Waals surface area contributed by atoms with Gasteiger partial charge in [0.1, 0.15) is 0 Å². The number of nitrogens with two attached hydrogens (primary N) is 1. The summed E-state index contributed by atoms with van der Waals surface area (Å²) in [5.74, 6) is 0.0000746. The van der Waals surface area contributed by atoms with E-state index in [4.69, 9.17) is 10.2 Å². The topological polar surface area (TPSA) is 81.5 Å². The molecule has 2 aromatic rings. The van der Waals surface area contributed by atoms with E-state index in [0.29, 0.717) is 22.2 Å². The van der Waals surface area contributed by atoms with Crippen molar-refractivity contribution >= 4 is 17.0 Å². The third-order valence-electron chi connectivity index (χ3n) is 6.84. The van der Waals surface area contributed by atoms with Crippen LogP contribution in [-0.4, -0.2) is 34.0 Å². The molecule has 0 bridgehead atoms. The Bertz CT molecular complexity index is 897. The fourth-order valence-electron chi connectivity index (χ4n) is 4.90. The summed E-state index contributed by atoms with van der Waals surface area (Å²) in [5, 5.41) is 0. The van der Waals surface area contributed by atoms with Gasteiger partial charge in [-0.25, -0.2) is 4.79 Å². The van der Waals surface area contributed by atoms with Gasteiger partial charge in [-0.1, -0.05) is 6.92 Å². The number of fused-ring (bicyclic) bond motifs is 1. The van der Waals surface area contributed by atoms with Crippen LogP contribution in [-0.2, 0) is 0 Å². The number of carbonyl (C=O) groups is 1. The molecule has 2 fully saturated rings. The monoisotopic (exact) mass is 371 g/mol. The second-order valence-corrected chi connectivity index (χ2v) is 8.68. The predicted octanol–water partition coefficient (Wildman–Crippen LogP) is 3.30. The van der Waals surface area contributed by atoms with Gasteiger partial charge < -0.3 is 10.2 Å². The molecule has 2 aliphatic rings. The third-order valence-corrected chi connectivity index (χ3v) is 6.84. The zero-order valence-electron chi connectivity index (χ0n) is 16.2. The average Bonchev–Trinajstić information content (AvgIpc) is 2.99. The molecular formula is C21H29N3O3. The van der Waals surface area contributed by atoms with Crippen LogP contribution in [0.3, 0.4) is 0 Å². The van der Waals surface area contributed by atoms with Crippen molar-refractivity contribution in [1.29, 1.82) is 0 Å². The molecule has 1 aromatic carbocycles. The molecule has 6 heteroatoms. The van der Waals surface area contributed by atoms with Crippen LogP contribution in [0, 0.1) is 5.92 Å². The Morgan fingerprint density at radius 3 is 2.48 bits per heavy atom. The Morgan fingerprint density at radius 2 is 1.85 bits per heavy atom. The number of hydrogen-bond donors (Lipinski definition) is 1. The smallest absolute Gasteiger partial charge is 0.408 e. The van der Waals surface area contributed by atoms with Gasteiger partial charge in [-0.2, -0.15) is 0 Å². The second-order valence-electron chi connectivity index (χ2n) is 8.68. The zero-order valence-corrected chi connectivity index (χ0v) is 16.2. The van der Waals surface area contributed by atoms with Crippen LogP contribution < -0.4 is 11.5 Å². The maximum absolute atomic E-state index is 12.5. The molecule has 1 aromatic heterocycles. The van der Waals surface area contributed by atoms with Gasteiger partial charge in [-0.15, -0.1) is 0 Å². The molecule has 1 saturated heterocycles. The molecule has 1 saturated carbocycles. The maximum Gasteiger partial charge on any atom is 0.420 e. The first-order valence-electron chi connectivity index (χ1n) is 10.1. The van der Waals surface area contributed by atoms with Gasteiger partial charge in [0.15, 0.2) is 5.58 Å². The van der Waals surface area contributed by atoms with Gasteiger partial charge in [-0.05, 0) is 69.6 Å². The molecule has 4 rings (SSSR count). The molecular weight excluding hydrogens is 342 g/mol. The summed E-state index contributed by atoms with van der Waals surface area (Å²) in [6.45, 7) is 6.73. The third kappa shape index (κ3) is 3.31. The molecule has 6 nitrogen and oxygen atoms in total. The summed E-state index contributed by atoms with van der Waals surface area (Å²) in [7, 11) is 0. The molecule has 1 aliphatic carbocycles. The van der Waals surface area contributed by atoms with Crippen LogP contribution >= 0.6 is 0 Å². The molecule has 146 valence electrons. The predicted molar refractivity (Wildman–Crippen MR) is 105 cm³/mol. The molecule has 0 spiro atoms. The first kappa shape index (κ1) is 18.3. The first-order chi connectivity index (χ1) is 12.9. The van der Waals surface area contributed by atoms with E-state index in [9.17, 15) is 9.59 Å². The number of carbonyl (C=O) groups excluding carboxylic acids is 1. The van der Waals surface area contributed by atoms with E-state index >= 15 is 0 Å². The van der Waals surface area contributed by atoms with Gasteiger partial charge >= 0.3 is 5.76 Å². The van der Waals surface area contributed by atoms with Crippen molar-refractivity contribution in [2.24, 2.45) is 11.7 Å². The van der Waals surface area contributed by atoms with Gasteiger partial charge in [0.2, 0.25) is 5.91 Å². The first-order valence-corrected chi connectivity index (χ1v) is 10.1. The van der Waals surface area contributed by atoms with Crippen LogP contribution in [0.25, 0.3) is 11.1 Å². The Morgan fingerprint density at radius 1 is 1.19 bits per heavy atom. The largest absolute Gasteiger partial charge is 0.420 e. The van der Waals surface area contributed by atoms with E-state index in [2.05, 4.69) is 18.7 Å². The van der Waals surface area contributed by atoms with Crippen molar-refractivity contribution in [3.63, 3.8) is 0 Å². The van der Waals surface area contributed by atoms with E-state index in [1.165, 1.54) is 25.7 Å². The van der Waals surface area contributed by atoms with E-state index in [1.54, 1.807) is 22.8 Å². The summed E-state index contributed by atoms with van der Waals surface area (Å²) in [6, 6.07) is 5.04. The number of benzene rings is 1. The Labute approximate surface area is 159 Å². The minimum absolute atomic E-state index is 0.101. The van der Waals surface area contributed by atoms with Crippen molar-refractivity contribution in [2.45, 2.75) is 64.0 Å². The van der Waals surface area contributed by atoms with Crippen LogP contribution in [0.15, 0.2) is 27.4 Å². The number of hydrogen-bond acceptors (Lipinski definition) is 4. The zero-order chi connectivity index (χ0) is 19.2. The van der Waals surface area contributed by atoms with E-state index in [1.807, 2.05) is 0 Å². The lowest BCUT2D eigenvalue weighted by molar-refractivity contribution is 0.0259. The number of likely N-dealkylation sites (tertiary alicyclic amines) is 1. The number of aromatic nitrogens is 1. The molecule has 0 atom stereocenters. The summed E-state index contributed by atoms with van der Waals surface area (Å²) in [5.41, 5.74) is 7.28. The lowest BCUT2D eigenvalue weighted by atomic mass is 9.76. The number of rotatable bonds is 3. The highest BCUT2D eigenvalue weighted by molar-refractivity contribution is 5.95. The van der Waals surface area contributed by atoms with Crippen LogP contribution in [0.5, 0.6) is 0 Å². The molecule has 1 amide bonds. The van der Waals surface area contributed by atoms with Crippen LogP contribution in [0.1, 0.15) is 68.8 Å². The molecule has 0 radical (unpaired) electrons. The van der Waals surface area contributed by atoms with Crippen molar-refractivity contribution in [2.75, 3.05) is 13.1 Å². The highest BCUT2D eigenvalue weighted by atomic mass is 16.4. The standard InChI is InChI=1S/C21H29N3O3/c1-14-5-9-21(2,10-6-14)23-11-7-16(8-12-23)24-17-13-15(19(22)25)3-4-18(17)27-20(24)26/h3-4,13-14,16H,5-12H2,1-2H3,(H2,22,25). The lowest BCUT2D eigenvalue weighted by Crippen LogP contribution is -2.52. The van der Waals surface area contributed by atoms with Gasteiger partial charge in [0, 0.05) is 30.2 Å². The normalized spacial score (nSPS) is 27.9. The second kappa shape index (κ2) is 6.82. The Balaban J connectivity index is 1.54. The number of piperidine rings is 1. The Kier molecular flexibility index (Phi) is 4.62. The van der Waals surface area contributed by atoms with Gasteiger partial charge in [0.25, 0.3) is 0 Å². The number of amides is 1. The fraction of sp³-hybridized carbons (Fsp3) is 0.619. The SMILES string of the molecule is CC1CCC(C)(N2CCC(n3c(=O)oc4ccc(C(N)=O)cc43)CC2)CC1. The molecule has 0 unspecified atom stereocenters. The van der Waals surface area contributed by atoms with Crippen LogP contribution in [0.4, 0.5) is 0 Å². The molecule has 1 aliphatic heterocycles. The van der Waals surface area contributed by atoms with Gasteiger partial charge in [-0.3, -0.25) is 14.3 Å². The van der Waals surface area contributed by atoms with Crippen molar-refractivity contribution in [3.05, 3.63) is 34.3 Å². The highest BCUT2D eigenvalue weighted by Crippen LogP contribution is 2.39. The quantitative estimate of drug-likeness (QED) is 0.897. The minimum atomic E-state index is -0.494. The van der Waals surface area contributed by atoms with Crippen LogP contribution in [0.2, 0.25) is 0 Å². The maximum atomic E-state index is 12.5. The summed E-state index contributed by atoms with van der Waals surface area (Å²) < 4.78 is 7.13. The minimum Gasteiger partial charge on any atom is -0.408 e. The van der Waals surface area contributed by atoms with E-state index in [-0.39, 0.29) is 11.8 Å². The van der Waals surface area contributed by atoms with E-state index in [0.717, 1.165) is 31.8 Å². The summed E-state index contributed by atoms with van der Waals surface area (Å²) in [4.78, 5) is 26.6. The average molecular weight is 371 g/mol. The van der Waals surface area contributed by atoms with E-state index < -0.39 is 5.91 Å². The molecule has 2 heterocycles. The lowest BCUT2D eigenvalue weighted by Gasteiger charge is -2.48. The van der Waals surface area contributed by atoms with Crippen molar-refractivity contribution in [3.8, 4) is 0 Å². The van der Waals surface area contributed by atoms with Gasteiger partial charge in [0.05, 0.1) is 5.52 Å². The van der Waals surface area contributed by atoms with Crippen molar-refractivity contribution < 1.29 is 9.21 Å². The number of oxazole rings is 1. The molecule has 2 N–H and O–H groups in total. The van der Waals surface area contributed by atoms with Crippen molar-refractivity contribution in [1.82, 2.24) is 9.47 Å².